The largest absolute Gasteiger partial charge is 0.487 e. The standard InChI is InChI=1S/C26H32N2O6S/c1-18-15-28(19(2)17-29)35(32,33)25-13-12-21(11-10-20(3)30)14-23(25)34-24(18)16-27(4)26(31)22-8-6-5-7-9-22/h5-9,12-14,18-20,24,29-30H,15-17H2,1-4H3/t18-,19-,20-,24-/m0/s1. The maximum Gasteiger partial charge on any atom is 0.253 e. The summed E-state index contributed by atoms with van der Waals surface area (Å²) in [6.45, 7) is 5.05. The molecule has 0 saturated heterocycles. The second kappa shape index (κ2) is 11.2. The van der Waals surface area contributed by atoms with Crippen molar-refractivity contribution < 1.29 is 28.2 Å². The SMILES string of the molecule is C[C@H](O)C#Cc1ccc2c(c1)O[C@@H](CN(C)C(=O)c1ccccc1)[C@@H](C)CN([C@@H](C)CO)S2(=O)=O. The quantitative estimate of drug-likeness (QED) is 0.608. The monoisotopic (exact) mass is 500 g/mol. The lowest BCUT2D eigenvalue weighted by atomic mass is 10.0. The van der Waals surface area contributed by atoms with E-state index in [1.807, 2.05) is 13.0 Å². The van der Waals surface area contributed by atoms with Crippen molar-refractivity contribution in [3.8, 4) is 17.6 Å². The summed E-state index contributed by atoms with van der Waals surface area (Å²) in [6.07, 6.45) is -1.37. The number of sulfonamides is 1. The first-order valence-electron chi connectivity index (χ1n) is 11.5. The zero-order chi connectivity index (χ0) is 25.8. The first-order valence-corrected chi connectivity index (χ1v) is 12.9. The maximum absolute atomic E-state index is 13.5. The Morgan fingerprint density at radius 1 is 1.23 bits per heavy atom. The van der Waals surface area contributed by atoms with Gasteiger partial charge >= 0.3 is 0 Å². The molecule has 0 spiro atoms. The highest BCUT2D eigenvalue weighted by atomic mass is 32.2. The van der Waals surface area contributed by atoms with E-state index in [9.17, 15) is 23.4 Å². The van der Waals surface area contributed by atoms with Gasteiger partial charge in [-0.2, -0.15) is 4.31 Å². The molecular weight excluding hydrogens is 468 g/mol. The molecule has 9 heteroatoms. The highest BCUT2D eigenvalue weighted by molar-refractivity contribution is 7.89. The van der Waals surface area contributed by atoms with Gasteiger partial charge in [0.1, 0.15) is 22.9 Å². The summed E-state index contributed by atoms with van der Waals surface area (Å²) in [5, 5.41) is 19.3. The molecule has 3 rings (SSSR count). The van der Waals surface area contributed by atoms with Crippen LogP contribution in [0.15, 0.2) is 53.4 Å². The summed E-state index contributed by atoms with van der Waals surface area (Å²) >= 11 is 0. The van der Waals surface area contributed by atoms with E-state index in [0.29, 0.717) is 11.1 Å². The van der Waals surface area contributed by atoms with Crippen molar-refractivity contribution in [2.45, 2.75) is 43.9 Å². The van der Waals surface area contributed by atoms with Crippen LogP contribution in [0.5, 0.6) is 5.75 Å². The van der Waals surface area contributed by atoms with E-state index in [4.69, 9.17) is 4.74 Å². The number of aliphatic hydroxyl groups is 2. The molecule has 0 saturated carbocycles. The van der Waals surface area contributed by atoms with Gasteiger partial charge in [-0.3, -0.25) is 4.79 Å². The van der Waals surface area contributed by atoms with E-state index >= 15 is 0 Å². The average molecular weight is 501 g/mol. The molecule has 1 heterocycles. The number of amides is 1. The Morgan fingerprint density at radius 3 is 2.54 bits per heavy atom. The molecule has 1 aliphatic rings. The van der Waals surface area contributed by atoms with Crippen molar-refractivity contribution in [3.63, 3.8) is 0 Å². The minimum absolute atomic E-state index is 0.0330. The van der Waals surface area contributed by atoms with E-state index in [1.54, 1.807) is 49.2 Å². The minimum atomic E-state index is -3.98. The number of likely N-dealkylation sites (N-methyl/N-ethyl adjacent to an activating group) is 1. The Bertz CT molecular complexity index is 1200. The Labute approximate surface area is 207 Å². The Balaban J connectivity index is 2.02. The molecule has 0 bridgehead atoms. The van der Waals surface area contributed by atoms with Crippen LogP contribution < -0.4 is 4.74 Å². The van der Waals surface area contributed by atoms with Crippen molar-refractivity contribution in [3.05, 3.63) is 59.7 Å². The van der Waals surface area contributed by atoms with E-state index in [2.05, 4.69) is 11.8 Å². The van der Waals surface area contributed by atoms with Crippen LogP contribution in [0.2, 0.25) is 0 Å². The molecule has 35 heavy (non-hydrogen) atoms. The highest BCUT2D eigenvalue weighted by Gasteiger charge is 2.38. The molecule has 0 aliphatic carbocycles. The molecule has 1 amide bonds. The predicted molar refractivity (Wildman–Crippen MR) is 132 cm³/mol. The van der Waals surface area contributed by atoms with Crippen molar-refractivity contribution in [2.75, 3.05) is 26.7 Å². The van der Waals surface area contributed by atoms with E-state index in [0.717, 1.165) is 0 Å². The normalized spacial score (nSPS) is 21.2. The zero-order valence-corrected chi connectivity index (χ0v) is 21.2. The first kappa shape index (κ1) is 26.7. The van der Waals surface area contributed by atoms with Crippen LogP contribution in [0, 0.1) is 17.8 Å². The lowest BCUT2D eigenvalue weighted by molar-refractivity contribution is 0.0563. The fourth-order valence-corrected chi connectivity index (χ4v) is 5.69. The predicted octanol–water partition coefficient (Wildman–Crippen LogP) is 1.96. The van der Waals surface area contributed by atoms with Gasteiger partial charge < -0.3 is 19.8 Å². The van der Waals surface area contributed by atoms with Crippen LogP contribution >= 0.6 is 0 Å². The molecule has 188 valence electrons. The minimum Gasteiger partial charge on any atom is -0.487 e. The van der Waals surface area contributed by atoms with Crippen molar-refractivity contribution in [1.29, 1.82) is 0 Å². The maximum atomic E-state index is 13.5. The number of fused-ring (bicyclic) bond motifs is 1. The third kappa shape index (κ3) is 6.21. The molecule has 4 atom stereocenters. The summed E-state index contributed by atoms with van der Waals surface area (Å²) in [5.74, 6) is 5.11. The molecule has 2 N–H and O–H groups in total. The molecule has 0 radical (unpaired) electrons. The molecule has 2 aromatic carbocycles. The number of carbonyl (C=O) groups excluding carboxylic acids is 1. The molecule has 0 aromatic heterocycles. The van der Waals surface area contributed by atoms with Gasteiger partial charge in [-0.1, -0.05) is 37.0 Å². The average Bonchev–Trinajstić information content (AvgIpc) is 2.84. The van der Waals surface area contributed by atoms with E-state index in [-0.39, 0.29) is 42.2 Å². The van der Waals surface area contributed by atoms with Crippen LogP contribution in [0.3, 0.4) is 0 Å². The molecule has 1 aliphatic heterocycles. The second-order valence-electron chi connectivity index (χ2n) is 8.90. The third-order valence-corrected chi connectivity index (χ3v) is 7.93. The number of ether oxygens (including phenoxy) is 1. The number of benzene rings is 2. The number of hydrogen-bond acceptors (Lipinski definition) is 6. The smallest absolute Gasteiger partial charge is 0.253 e. The third-order valence-electron chi connectivity index (χ3n) is 5.91. The summed E-state index contributed by atoms with van der Waals surface area (Å²) in [4.78, 5) is 14.5. The second-order valence-corrected chi connectivity index (χ2v) is 10.8. The lowest BCUT2D eigenvalue weighted by Gasteiger charge is -2.37. The Morgan fingerprint density at radius 2 is 1.91 bits per heavy atom. The van der Waals surface area contributed by atoms with Gasteiger partial charge in [0, 0.05) is 36.7 Å². The van der Waals surface area contributed by atoms with Crippen LogP contribution in [0.4, 0.5) is 0 Å². The highest BCUT2D eigenvalue weighted by Crippen LogP contribution is 2.34. The van der Waals surface area contributed by atoms with Gasteiger partial charge in [0.2, 0.25) is 10.0 Å². The molecule has 8 nitrogen and oxygen atoms in total. The van der Waals surface area contributed by atoms with Gasteiger partial charge in [0.25, 0.3) is 5.91 Å². The number of nitrogens with zero attached hydrogens (tertiary/aromatic N) is 2. The van der Waals surface area contributed by atoms with Crippen LogP contribution in [-0.2, 0) is 10.0 Å². The summed E-state index contributed by atoms with van der Waals surface area (Å²) < 4.78 is 34.6. The number of rotatable bonds is 5. The molecule has 0 fully saturated rings. The lowest BCUT2D eigenvalue weighted by Crippen LogP contribution is -2.50. The van der Waals surface area contributed by atoms with Crippen molar-refractivity contribution in [1.82, 2.24) is 9.21 Å². The van der Waals surface area contributed by atoms with Gasteiger partial charge in [-0.25, -0.2) is 8.42 Å². The summed E-state index contributed by atoms with van der Waals surface area (Å²) in [5.41, 5.74) is 1.03. The number of hydrogen-bond donors (Lipinski definition) is 2. The fourth-order valence-electron chi connectivity index (χ4n) is 3.86. The van der Waals surface area contributed by atoms with Gasteiger partial charge in [-0.15, -0.1) is 0 Å². The topological polar surface area (TPSA) is 107 Å². The Hall–Kier alpha value is -2.90. The van der Waals surface area contributed by atoms with Gasteiger partial charge in [0.05, 0.1) is 13.2 Å². The van der Waals surface area contributed by atoms with Gasteiger partial charge in [0.15, 0.2) is 0 Å². The summed E-state index contributed by atoms with van der Waals surface area (Å²) in [7, 11) is -2.29. The zero-order valence-electron chi connectivity index (χ0n) is 20.4. The Kier molecular flexibility index (Phi) is 8.56. The van der Waals surface area contributed by atoms with Crippen LogP contribution in [0.25, 0.3) is 0 Å². The van der Waals surface area contributed by atoms with Crippen molar-refractivity contribution in [2.24, 2.45) is 5.92 Å². The first-order chi connectivity index (χ1) is 16.5. The van der Waals surface area contributed by atoms with Crippen molar-refractivity contribution >= 4 is 15.9 Å². The molecule has 2 aromatic rings. The van der Waals surface area contributed by atoms with Crippen LogP contribution in [0.1, 0.15) is 36.7 Å². The number of aliphatic hydroxyl groups excluding tert-OH is 2. The van der Waals surface area contributed by atoms with E-state index < -0.39 is 28.3 Å². The van der Waals surface area contributed by atoms with Gasteiger partial charge in [-0.05, 0) is 44.2 Å². The fraction of sp³-hybridized carbons (Fsp3) is 0.423. The molecule has 0 unspecified atom stereocenters. The number of carbonyl (C=O) groups is 1. The molecular formula is C26H32N2O6S. The van der Waals surface area contributed by atoms with E-state index in [1.165, 1.54) is 23.4 Å². The van der Waals surface area contributed by atoms with Crippen LogP contribution in [-0.4, -0.2) is 78.7 Å². The summed E-state index contributed by atoms with van der Waals surface area (Å²) in [6, 6.07) is 12.8.